The summed E-state index contributed by atoms with van der Waals surface area (Å²) in [5, 5.41) is 127. The van der Waals surface area contributed by atoms with Crippen LogP contribution in [0, 0.1) is 29.1 Å². The van der Waals surface area contributed by atoms with Crippen molar-refractivity contribution in [2.75, 3.05) is 19.7 Å². The van der Waals surface area contributed by atoms with Crippen LogP contribution in [0.1, 0.15) is 214 Å². The fourth-order valence-electron chi connectivity index (χ4n) is 15.2. The molecule has 1 fully saturated rings. The molecule has 1 saturated carbocycles. The highest BCUT2D eigenvalue weighted by Gasteiger charge is 2.43. The van der Waals surface area contributed by atoms with Gasteiger partial charge in [0, 0.05) is 57.2 Å². The SMILES string of the molecule is CC[C@H](C)[C@H](NC(=O)[C@H](CCC(=O)O)NC(=O)[C@H](CCC(=O)O)NC(=O)[C@@H](N)[C@@H](C)O)C(=O)N[C@@H](CO)C(=O)N[C@@H](CCC(=O)O)C(=O)N[C@H](C(=O)N[C@@H](CC(N)=O)C(=O)N[C@@H](CC(C)C)C(=O)N[C@@H](CC(=O)O)C(=O)N[C@@H](C)C(=O)N[C@@H](CCC(=O)O)C(=O)N[C@@H](Cc1ccccc1)C(=O)N[C@@H](CCCNC(=N)N)C(=O)N[C@@H](Cc1c[nH]cn1)C(=O)N[C@@H](CC(=O)O)C(=O)N[C@@H](CCCCN)C(=O)C1CCCCC1)C(C)C. The average molecular weight is 2100 g/mol. The number of carboxylic acid groups (broad SMARTS) is 6. The first-order valence-electron chi connectivity index (χ1n) is 48.4. The molecule has 0 spiro atoms. The van der Waals surface area contributed by atoms with Gasteiger partial charge in [-0.15, -0.1) is 0 Å². The van der Waals surface area contributed by atoms with Crippen LogP contribution in [0.5, 0.6) is 0 Å². The number of carbonyl (C=O) groups excluding carboxylic acids is 18. The second kappa shape index (κ2) is 65.5. The van der Waals surface area contributed by atoms with Gasteiger partial charge >= 0.3 is 35.8 Å². The highest BCUT2D eigenvalue weighted by molar-refractivity contribution is 6.03. The van der Waals surface area contributed by atoms with Crippen molar-refractivity contribution >= 4 is 148 Å². The third kappa shape index (κ3) is 47.5. The van der Waals surface area contributed by atoms with Crippen molar-refractivity contribution in [1.82, 2.24) is 100 Å². The van der Waals surface area contributed by atoms with Crippen molar-refractivity contribution in [1.29, 1.82) is 5.41 Å². The number of unbranched alkanes of at least 4 members (excludes halogenated alkanes) is 1. The number of hydrogen-bond acceptors (Lipinski definition) is 30. The number of Topliss-reactive ketones (excluding diaryl/α,β-unsaturated/α-hetero) is 1. The number of ketones is 1. The molecular weight excluding hydrogens is 1950 g/mol. The summed E-state index contributed by atoms with van der Waals surface area (Å²) in [6, 6.07) is -22.9. The zero-order valence-electron chi connectivity index (χ0n) is 83.7. The number of carboxylic acids is 6. The number of rotatable bonds is 71. The minimum Gasteiger partial charge on any atom is -0.481 e. The number of benzene rings is 1. The lowest BCUT2D eigenvalue weighted by Gasteiger charge is -2.30. The van der Waals surface area contributed by atoms with E-state index in [-0.39, 0.29) is 62.6 Å². The van der Waals surface area contributed by atoms with Crippen LogP contribution in [0.25, 0.3) is 0 Å². The van der Waals surface area contributed by atoms with Gasteiger partial charge in [-0.05, 0) is 121 Å². The summed E-state index contributed by atoms with van der Waals surface area (Å²) >= 11 is 0. The number of nitrogens with one attached hydrogen (secondary N) is 19. The van der Waals surface area contributed by atoms with Crippen LogP contribution in [0.15, 0.2) is 42.9 Å². The lowest BCUT2D eigenvalue weighted by Crippen LogP contribution is -2.62. The van der Waals surface area contributed by atoms with Crippen LogP contribution >= 0.6 is 0 Å². The van der Waals surface area contributed by atoms with Gasteiger partial charge < -0.3 is 159 Å². The zero-order valence-corrected chi connectivity index (χ0v) is 83.7. The molecule has 35 N–H and O–H groups in total. The van der Waals surface area contributed by atoms with Gasteiger partial charge in [-0.2, -0.15) is 0 Å². The summed E-state index contributed by atoms with van der Waals surface area (Å²) in [7, 11) is 0. The number of imidazole rings is 1. The van der Waals surface area contributed by atoms with Gasteiger partial charge in [0.25, 0.3) is 0 Å². The van der Waals surface area contributed by atoms with Crippen molar-refractivity contribution in [3.8, 4) is 0 Å². The van der Waals surface area contributed by atoms with Gasteiger partial charge in [-0.25, -0.2) is 4.98 Å². The van der Waals surface area contributed by atoms with E-state index < -0.39 is 359 Å². The molecule has 2 aromatic rings. The number of aliphatic carboxylic acids is 6. The molecule has 1 aromatic heterocycles. The smallest absolute Gasteiger partial charge is 0.305 e. The van der Waals surface area contributed by atoms with E-state index in [9.17, 15) is 156 Å². The van der Waals surface area contributed by atoms with Gasteiger partial charge in [0.05, 0.1) is 50.0 Å². The molecule has 0 unspecified atom stereocenters. The van der Waals surface area contributed by atoms with Gasteiger partial charge in [-0.1, -0.05) is 97.6 Å². The fraction of sp³-hybridized carbons (Fsp3) is 0.630. The maximum absolute atomic E-state index is 14.9. The highest BCUT2D eigenvalue weighted by Crippen LogP contribution is 2.27. The summed E-state index contributed by atoms with van der Waals surface area (Å²) < 4.78 is 0. The van der Waals surface area contributed by atoms with E-state index in [0.29, 0.717) is 31.2 Å². The maximum Gasteiger partial charge on any atom is 0.305 e. The van der Waals surface area contributed by atoms with E-state index in [1.165, 1.54) is 59.3 Å². The molecule has 56 heteroatoms. The predicted molar refractivity (Wildman–Crippen MR) is 519 cm³/mol. The summed E-state index contributed by atoms with van der Waals surface area (Å²) in [6.45, 7) is 9.78. The molecule has 824 valence electrons. The van der Waals surface area contributed by atoms with Crippen molar-refractivity contribution in [2.45, 2.75) is 325 Å². The Labute approximate surface area is 851 Å². The molecule has 0 bridgehead atoms. The normalized spacial score (nSPS) is 15.7. The monoisotopic (exact) mass is 2100 g/mol. The number of primary amides is 1. The number of nitrogens with zero attached hydrogens (tertiary/aromatic N) is 1. The first-order valence-corrected chi connectivity index (χ1v) is 48.4. The third-order valence-corrected chi connectivity index (χ3v) is 23.7. The van der Waals surface area contributed by atoms with Crippen molar-refractivity contribution in [3.63, 3.8) is 0 Å². The lowest BCUT2D eigenvalue weighted by atomic mass is 9.82. The van der Waals surface area contributed by atoms with Crippen LogP contribution in [0.2, 0.25) is 0 Å². The molecule has 19 atom stereocenters. The Balaban J connectivity index is 1.96. The number of aromatic nitrogens is 2. The molecule has 0 aliphatic heterocycles. The van der Waals surface area contributed by atoms with Gasteiger partial charge in [0.15, 0.2) is 11.7 Å². The Morgan fingerprint density at radius 1 is 0.412 bits per heavy atom. The quantitative estimate of drug-likeness (QED) is 0.0166. The van der Waals surface area contributed by atoms with Crippen LogP contribution in [0.4, 0.5) is 0 Å². The van der Waals surface area contributed by atoms with Crippen LogP contribution in [-0.4, -0.2) is 327 Å². The molecule has 148 heavy (non-hydrogen) atoms. The fourth-order valence-corrected chi connectivity index (χ4v) is 15.2. The van der Waals surface area contributed by atoms with E-state index in [0.717, 1.165) is 33.1 Å². The largest absolute Gasteiger partial charge is 0.481 e. The average Bonchev–Trinajstić information content (AvgIpc) is 0.992. The number of aliphatic hydroxyl groups is 2. The molecule has 1 aliphatic carbocycles. The number of nitrogens with two attached hydrogens (primary N) is 4. The van der Waals surface area contributed by atoms with Crippen molar-refractivity contribution < 1.29 is 156 Å². The Bertz CT molecular complexity index is 4890. The molecule has 0 radical (unpaired) electrons. The molecule has 1 heterocycles. The Kier molecular flexibility index (Phi) is 56.3. The van der Waals surface area contributed by atoms with E-state index >= 15 is 0 Å². The second-order valence-corrected chi connectivity index (χ2v) is 36.8. The summed E-state index contributed by atoms with van der Waals surface area (Å²) in [6.07, 6.45) is -5.16. The van der Waals surface area contributed by atoms with Crippen molar-refractivity contribution in [3.05, 3.63) is 54.1 Å². The molecule has 3 rings (SSSR count). The van der Waals surface area contributed by atoms with E-state index in [1.807, 2.05) is 0 Å². The maximum atomic E-state index is 14.9. The molecular formula is C92H144N24O32. The topological polar surface area (TPSA) is 933 Å². The van der Waals surface area contributed by atoms with Gasteiger partial charge in [0.1, 0.15) is 96.7 Å². The first-order chi connectivity index (χ1) is 69.6. The third-order valence-electron chi connectivity index (χ3n) is 23.7. The number of aliphatic hydroxyl groups excluding tert-OH is 2. The minimum absolute atomic E-state index is 0.0571. The number of H-pyrrole nitrogens is 1. The molecule has 56 nitrogen and oxygen atoms in total. The minimum atomic E-state index is -2.16. The molecule has 17 amide bonds. The lowest BCUT2D eigenvalue weighted by molar-refractivity contribution is -0.142. The Morgan fingerprint density at radius 3 is 1.21 bits per heavy atom. The number of guanidine groups is 1. The number of carbonyl (C=O) groups is 24. The molecule has 0 saturated heterocycles. The summed E-state index contributed by atoms with van der Waals surface area (Å²) in [4.78, 5) is 334. The van der Waals surface area contributed by atoms with Crippen LogP contribution in [0.3, 0.4) is 0 Å². The van der Waals surface area contributed by atoms with Crippen LogP contribution in [-0.2, 0) is 128 Å². The summed E-state index contributed by atoms with van der Waals surface area (Å²) in [5.74, 6) is -34.0. The second-order valence-electron chi connectivity index (χ2n) is 36.8. The van der Waals surface area contributed by atoms with Crippen LogP contribution < -0.4 is 113 Å². The van der Waals surface area contributed by atoms with Gasteiger partial charge in [-0.3, -0.25) is 120 Å². The standard InChI is InChI=1S/C92H144N24O32/c1-9-46(6)74(116-81(138)57(28-32-69(126)127)105-78(135)55(26-30-67(122)123)107-89(146)72(95)48(8)118)91(148)114-64(42-117)88(145)106-56(27-31-68(124)125)80(137)115-73(45(4)5)90(147)113-61(38-65(94)119)86(143)108-58(35-44(2)3)83(140)111-62(39-70(128)129)82(139)101-47(7)76(133)103-54(25-29-66(120)121)79(136)109-59(36-49-19-12-10-13-20-49)84(141)104-53(24-18-34-99-92(96)97)77(134)110-60(37-51-41-98-43-100-51)85(142)112-63(40-71(130)131)87(144)102-52(23-16-17-33-93)75(132)50-21-14-11-15-22-50/h10,12-13,19-20,41,43-48,50,52-64,72-74,117-118H,9,11,14-18,21-40,42,93,95H2,1-8H3,(H2,94,119)(H,98,100)(H,101,139)(H,102,144)(H,103,133)(H,104,141)(H,105,135)(H,106,145)(H,107,146)(H,108,143)(H,109,136)(H,110,134)(H,111,140)(H,112,142)(H,113,147)(H,114,148)(H,115,137)(H,116,138)(H,120,121)(H,122,123)(H,124,125)(H,126,127)(H,128,129)(H,130,131)(H4,96,97,99)/t46-,47-,48+,52-,53-,54-,55-,56-,57-,58-,59-,60-,61-,62-,63-,64-,72-,73-,74-/m0/s1. The number of hydrogen-bond donors (Lipinski definition) is 31. The van der Waals surface area contributed by atoms with Crippen molar-refractivity contribution in [2.24, 2.45) is 46.6 Å². The molecule has 1 aromatic carbocycles. The zero-order chi connectivity index (χ0) is 111. The van der Waals surface area contributed by atoms with E-state index in [1.54, 1.807) is 25.1 Å². The molecule has 1 aliphatic rings. The Morgan fingerprint density at radius 2 is 0.784 bits per heavy atom. The number of aromatic amines is 1. The van der Waals surface area contributed by atoms with E-state index in [2.05, 4.69) is 100 Å². The summed E-state index contributed by atoms with van der Waals surface area (Å²) in [5.41, 5.74) is 23.0. The Hall–Kier alpha value is -15.0. The van der Waals surface area contributed by atoms with Gasteiger partial charge in [0.2, 0.25) is 100 Å². The van der Waals surface area contributed by atoms with E-state index in [4.69, 9.17) is 28.3 Å². The highest BCUT2D eigenvalue weighted by atomic mass is 16.4. The first kappa shape index (κ1) is 127. The number of amides is 17. The predicted octanol–water partition coefficient (Wildman–Crippen LogP) is -7.75.